The highest BCUT2D eigenvalue weighted by Gasteiger charge is 2.48. The Labute approximate surface area is 158 Å². The van der Waals surface area contributed by atoms with Crippen molar-refractivity contribution in [3.8, 4) is 0 Å². The average Bonchev–Trinajstić information content (AvgIpc) is 3.12. The van der Waals surface area contributed by atoms with Gasteiger partial charge in [0.2, 0.25) is 0 Å². The molecule has 148 valence electrons. The van der Waals surface area contributed by atoms with E-state index in [9.17, 15) is 9.59 Å². The van der Waals surface area contributed by atoms with Crippen LogP contribution in [0.1, 0.15) is 73.6 Å². The van der Waals surface area contributed by atoms with E-state index in [0.717, 1.165) is 12.8 Å². The molecule has 0 aromatic heterocycles. The molecular formula is C21H36N2O3. The highest BCUT2D eigenvalue weighted by Crippen LogP contribution is 2.57. The number of amides is 1. The summed E-state index contributed by atoms with van der Waals surface area (Å²) >= 11 is 0. The van der Waals surface area contributed by atoms with Crippen LogP contribution < -0.4 is 0 Å². The van der Waals surface area contributed by atoms with Crippen molar-refractivity contribution in [1.29, 1.82) is 0 Å². The second-order valence-electron chi connectivity index (χ2n) is 9.29. The fraction of sp³-hybridized carbons (Fsp3) is 0.857. The lowest BCUT2D eigenvalue weighted by molar-refractivity contribution is -0.157. The number of carbonyl (C=O) groups is 2. The van der Waals surface area contributed by atoms with Gasteiger partial charge in [0.1, 0.15) is 6.04 Å². The van der Waals surface area contributed by atoms with Crippen LogP contribution in [0, 0.1) is 16.7 Å². The fourth-order valence-electron chi connectivity index (χ4n) is 4.47. The molecule has 3 unspecified atom stereocenters. The van der Waals surface area contributed by atoms with Gasteiger partial charge >= 0.3 is 5.97 Å². The van der Waals surface area contributed by atoms with E-state index < -0.39 is 6.04 Å². The molecule has 2 fully saturated rings. The lowest BCUT2D eigenvalue weighted by atomic mass is 9.66. The van der Waals surface area contributed by atoms with Crippen molar-refractivity contribution in [3.05, 3.63) is 0 Å². The van der Waals surface area contributed by atoms with Crippen LogP contribution in [0.3, 0.4) is 0 Å². The topological polar surface area (TPSA) is 59.0 Å². The summed E-state index contributed by atoms with van der Waals surface area (Å²) < 4.78 is 5.78. The maximum absolute atomic E-state index is 12.7. The fourth-order valence-corrected chi connectivity index (χ4v) is 4.47. The molecule has 1 aliphatic heterocycles. The molecule has 0 aromatic rings. The van der Waals surface area contributed by atoms with Crippen molar-refractivity contribution in [1.82, 2.24) is 4.90 Å². The van der Waals surface area contributed by atoms with Crippen LogP contribution in [-0.4, -0.2) is 48.2 Å². The molecule has 0 radical (unpaired) electrons. The summed E-state index contributed by atoms with van der Waals surface area (Å²) in [6.45, 7) is 13.6. The van der Waals surface area contributed by atoms with Gasteiger partial charge in [-0.2, -0.15) is 0 Å². The Hall–Kier alpha value is -1.39. The molecule has 0 spiro atoms. The van der Waals surface area contributed by atoms with E-state index in [2.05, 4.69) is 32.7 Å². The van der Waals surface area contributed by atoms with Gasteiger partial charge in [0.25, 0.3) is 5.91 Å². The predicted molar refractivity (Wildman–Crippen MR) is 104 cm³/mol. The molecule has 26 heavy (non-hydrogen) atoms. The normalized spacial score (nSPS) is 28.9. The number of esters is 1. The predicted octanol–water partition coefficient (Wildman–Crippen LogP) is 3.85. The Morgan fingerprint density at radius 2 is 1.88 bits per heavy atom. The van der Waals surface area contributed by atoms with Crippen molar-refractivity contribution < 1.29 is 14.3 Å². The van der Waals surface area contributed by atoms with Gasteiger partial charge in [-0.15, -0.1) is 0 Å². The quantitative estimate of drug-likeness (QED) is 0.550. The van der Waals surface area contributed by atoms with Gasteiger partial charge in [0.15, 0.2) is 0 Å². The van der Waals surface area contributed by atoms with Crippen LogP contribution >= 0.6 is 0 Å². The maximum Gasteiger partial charge on any atom is 0.329 e. The molecule has 0 N–H and O–H groups in total. The molecule has 2 rings (SSSR count). The van der Waals surface area contributed by atoms with Crippen LogP contribution in [0.4, 0.5) is 0 Å². The summed E-state index contributed by atoms with van der Waals surface area (Å²) in [7, 11) is 1.60. The van der Waals surface area contributed by atoms with E-state index in [1.807, 2.05) is 6.92 Å². The summed E-state index contributed by atoms with van der Waals surface area (Å²) in [4.78, 5) is 30.7. The molecular weight excluding hydrogens is 328 g/mol. The lowest BCUT2D eigenvalue weighted by Crippen LogP contribution is -2.45. The number of carbonyl (C=O) groups excluding carboxylic acids is 2. The number of ether oxygens (including phenoxy) is 1. The number of hydrogen-bond acceptors (Lipinski definition) is 4. The van der Waals surface area contributed by atoms with Gasteiger partial charge in [-0.05, 0) is 62.7 Å². The second-order valence-corrected chi connectivity index (χ2v) is 9.29. The molecule has 1 saturated heterocycles. The summed E-state index contributed by atoms with van der Waals surface area (Å²) in [5, 5.41) is 0. The first-order chi connectivity index (χ1) is 12.0. The Morgan fingerprint density at radius 3 is 2.42 bits per heavy atom. The smallest absolute Gasteiger partial charge is 0.329 e. The molecule has 1 aliphatic carbocycles. The third-order valence-corrected chi connectivity index (χ3v) is 7.25. The van der Waals surface area contributed by atoms with Crippen LogP contribution in [0.15, 0.2) is 4.99 Å². The number of likely N-dealkylation sites (tertiary alicyclic amines) is 1. The summed E-state index contributed by atoms with van der Waals surface area (Å²) in [5.74, 6) is 0.136. The third kappa shape index (κ3) is 3.96. The molecule has 1 amide bonds. The molecule has 5 heteroatoms. The summed E-state index contributed by atoms with van der Waals surface area (Å²) in [6, 6.07) is -0.463. The number of hydrogen-bond donors (Lipinski definition) is 0. The lowest BCUT2D eigenvalue weighted by Gasteiger charge is -2.40. The van der Waals surface area contributed by atoms with Crippen molar-refractivity contribution >= 4 is 17.6 Å². The van der Waals surface area contributed by atoms with Gasteiger partial charge in [-0.1, -0.05) is 27.7 Å². The van der Waals surface area contributed by atoms with Crippen molar-refractivity contribution in [2.45, 2.75) is 85.8 Å². The first-order valence-corrected chi connectivity index (χ1v) is 9.96. The van der Waals surface area contributed by atoms with E-state index in [0.29, 0.717) is 30.0 Å². The maximum atomic E-state index is 12.7. The van der Waals surface area contributed by atoms with E-state index in [-0.39, 0.29) is 23.4 Å². The van der Waals surface area contributed by atoms with Gasteiger partial charge in [-0.3, -0.25) is 9.79 Å². The molecule has 1 heterocycles. The first kappa shape index (κ1) is 20.9. The minimum absolute atomic E-state index is 0.126. The minimum Gasteiger partial charge on any atom is -0.461 e. The van der Waals surface area contributed by atoms with E-state index >= 15 is 0 Å². The molecule has 5 nitrogen and oxygen atoms in total. The Morgan fingerprint density at radius 1 is 1.23 bits per heavy atom. The third-order valence-electron chi connectivity index (χ3n) is 7.25. The van der Waals surface area contributed by atoms with Gasteiger partial charge in [-0.25, -0.2) is 4.79 Å². The van der Waals surface area contributed by atoms with E-state index in [1.165, 1.54) is 12.8 Å². The number of aliphatic imine (C=N–C) groups is 1. The molecule has 0 bridgehead atoms. The van der Waals surface area contributed by atoms with E-state index in [4.69, 9.17) is 4.74 Å². The standard InChI is InChI=1S/C21H36N2O3/c1-14(13-16-10-11-20(3,4)21(16,5)6)26-19(25)17-9-8-12-23(17)18(24)15(2)22-7/h14,16-17H,8-13H2,1-7H3. The zero-order valence-electron chi connectivity index (χ0n) is 17.6. The summed E-state index contributed by atoms with van der Waals surface area (Å²) in [5.41, 5.74) is 0.984. The zero-order valence-corrected chi connectivity index (χ0v) is 17.6. The van der Waals surface area contributed by atoms with Crippen LogP contribution in [-0.2, 0) is 14.3 Å². The minimum atomic E-state index is -0.463. The monoisotopic (exact) mass is 364 g/mol. The van der Waals surface area contributed by atoms with Crippen molar-refractivity contribution in [3.63, 3.8) is 0 Å². The van der Waals surface area contributed by atoms with E-state index in [1.54, 1.807) is 18.9 Å². The largest absolute Gasteiger partial charge is 0.461 e. The van der Waals surface area contributed by atoms with Crippen LogP contribution in [0.25, 0.3) is 0 Å². The Bertz CT molecular complexity index is 580. The highest BCUT2D eigenvalue weighted by atomic mass is 16.5. The molecule has 1 saturated carbocycles. The van der Waals surface area contributed by atoms with Crippen LogP contribution in [0.2, 0.25) is 0 Å². The number of rotatable bonds is 5. The molecule has 2 aliphatic rings. The second kappa shape index (κ2) is 7.69. The van der Waals surface area contributed by atoms with Crippen molar-refractivity contribution in [2.75, 3.05) is 13.6 Å². The summed E-state index contributed by atoms with van der Waals surface area (Å²) in [6.07, 6.45) is 4.67. The highest BCUT2D eigenvalue weighted by molar-refractivity contribution is 6.38. The number of nitrogens with zero attached hydrogens (tertiary/aromatic N) is 2. The Balaban J connectivity index is 1.96. The zero-order chi connectivity index (χ0) is 19.7. The molecule has 3 atom stereocenters. The Kier molecular flexibility index (Phi) is 6.19. The SMILES string of the molecule is CN=C(C)C(=O)N1CCCC1C(=O)OC(C)CC1CCC(C)(C)C1(C)C. The van der Waals surface area contributed by atoms with Crippen LogP contribution in [0.5, 0.6) is 0 Å². The van der Waals surface area contributed by atoms with Crippen molar-refractivity contribution in [2.24, 2.45) is 21.7 Å². The first-order valence-electron chi connectivity index (χ1n) is 9.96. The van der Waals surface area contributed by atoms with Gasteiger partial charge < -0.3 is 9.64 Å². The average molecular weight is 365 g/mol. The molecule has 0 aromatic carbocycles. The van der Waals surface area contributed by atoms with Gasteiger partial charge in [0.05, 0.1) is 11.8 Å². The van der Waals surface area contributed by atoms with Gasteiger partial charge in [0, 0.05) is 13.6 Å².